The van der Waals surface area contributed by atoms with E-state index < -0.39 is 34.1 Å². The summed E-state index contributed by atoms with van der Waals surface area (Å²) in [7, 11) is 0. The highest BCUT2D eigenvalue weighted by Gasteiger charge is 2.36. The Balaban J connectivity index is 2.12. The van der Waals surface area contributed by atoms with Crippen LogP contribution in [0.1, 0.15) is 33.3 Å². The normalized spacial score (nSPS) is 12.9. The number of hydrogen-bond acceptors (Lipinski definition) is 6. The Bertz CT molecular complexity index is 1010. The molecule has 3 aromatic rings. The molecule has 0 unspecified atom stereocenters. The van der Waals surface area contributed by atoms with E-state index in [1.165, 1.54) is 36.7 Å². The van der Waals surface area contributed by atoms with Crippen molar-refractivity contribution in [1.29, 1.82) is 0 Å². The minimum Gasteiger partial charge on any atom is -0.272 e. The molecule has 0 aliphatic rings. The number of carbonyl (C=O) groups is 1. The van der Waals surface area contributed by atoms with E-state index in [-0.39, 0.29) is 5.69 Å². The lowest BCUT2D eigenvalue weighted by molar-refractivity contribution is -0.483. The maximum atomic E-state index is 13.2. The fraction of sp³-hybridized carbons (Fsp3) is 0.200. The highest BCUT2D eigenvalue weighted by Crippen LogP contribution is 2.35. The van der Waals surface area contributed by atoms with Crippen LogP contribution in [0.4, 0.5) is 5.69 Å². The average molecular weight is 394 g/mol. The van der Waals surface area contributed by atoms with E-state index in [1.54, 1.807) is 18.2 Å². The molecule has 3 rings (SSSR count). The summed E-state index contributed by atoms with van der Waals surface area (Å²) in [5.41, 5.74) is 1.94. The number of benzene rings is 2. The van der Waals surface area contributed by atoms with Gasteiger partial charge in [0.1, 0.15) is 0 Å². The van der Waals surface area contributed by atoms with Crippen LogP contribution in [0.3, 0.4) is 0 Å². The smallest absolute Gasteiger partial charge is 0.269 e. The van der Waals surface area contributed by atoms with Gasteiger partial charge in [-0.25, -0.2) is 4.68 Å². The Morgan fingerprint density at radius 3 is 2.17 bits per heavy atom. The first-order valence-corrected chi connectivity index (χ1v) is 8.83. The zero-order chi connectivity index (χ0) is 21.0. The van der Waals surface area contributed by atoms with Crippen molar-refractivity contribution in [3.63, 3.8) is 0 Å². The molecule has 0 radical (unpaired) electrons. The highest BCUT2D eigenvalue weighted by atomic mass is 16.6. The number of hydrogen-bond donors (Lipinski definition) is 0. The quantitative estimate of drug-likeness (QED) is 0.446. The summed E-state index contributed by atoms with van der Waals surface area (Å²) in [4.78, 5) is 34.6. The van der Waals surface area contributed by atoms with Gasteiger partial charge in [-0.15, -0.1) is 0 Å². The summed E-state index contributed by atoms with van der Waals surface area (Å²) in [6.45, 7) is 1.42. The Morgan fingerprint density at radius 1 is 1.03 bits per heavy atom. The van der Waals surface area contributed by atoms with Crippen molar-refractivity contribution in [2.45, 2.75) is 18.8 Å². The molecule has 0 amide bonds. The molecule has 1 aromatic heterocycles. The van der Waals surface area contributed by atoms with Crippen LogP contribution in [0, 0.1) is 27.2 Å². The number of aryl methyl sites for hydroxylation is 1. The van der Waals surface area contributed by atoms with Gasteiger partial charge in [0.05, 0.1) is 16.8 Å². The predicted octanol–water partition coefficient (Wildman–Crippen LogP) is 3.58. The van der Waals surface area contributed by atoms with Crippen molar-refractivity contribution in [3.05, 3.63) is 104 Å². The second-order valence-electron chi connectivity index (χ2n) is 6.65. The topological polar surface area (TPSA) is 121 Å². The molecule has 0 saturated heterocycles. The monoisotopic (exact) mass is 394 g/mol. The molecule has 9 nitrogen and oxygen atoms in total. The minimum absolute atomic E-state index is 0.125. The molecular weight excluding hydrogens is 376 g/mol. The first-order valence-electron chi connectivity index (χ1n) is 8.83. The van der Waals surface area contributed by atoms with Crippen molar-refractivity contribution >= 4 is 11.6 Å². The van der Waals surface area contributed by atoms with Crippen LogP contribution < -0.4 is 0 Å². The zero-order valence-electron chi connectivity index (χ0n) is 15.5. The second kappa shape index (κ2) is 8.42. The molecular formula is C20H18N4O5. The Labute approximate surface area is 165 Å². The summed E-state index contributed by atoms with van der Waals surface area (Å²) < 4.78 is 1.13. The summed E-state index contributed by atoms with van der Waals surface area (Å²) in [5.74, 6) is -2.16. The Kier molecular flexibility index (Phi) is 5.77. The first kappa shape index (κ1) is 19.9. The molecule has 29 heavy (non-hydrogen) atoms. The summed E-state index contributed by atoms with van der Waals surface area (Å²) in [6, 6.07) is 14.3. The van der Waals surface area contributed by atoms with E-state index in [0.717, 1.165) is 10.2 Å². The third-order valence-electron chi connectivity index (χ3n) is 4.71. The zero-order valence-corrected chi connectivity index (χ0v) is 15.5. The number of nitrogens with zero attached hydrogens (tertiary/aromatic N) is 4. The van der Waals surface area contributed by atoms with Crippen molar-refractivity contribution in [3.8, 4) is 0 Å². The minimum atomic E-state index is -0.941. The van der Waals surface area contributed by atoms with Gasteiger partial charge in [0.15, 0.2) is 0 Å². The number of rotatable bonds is 7. The standard InChI is InChI=1S/C20H18N4O5/c1-14-3-5-15(6-4-14)18(13-23(26)27)19(20(25)22-12-2-11-21-22)16-7-9-17(10-8-16)24(28)29/h2-12,18-19H,13H2,1H3/t18-,19+/m1/s1. The van der Waals surface area contributed by atoms with Gasteiger partial charge in [-0.1, -0.05) is 42.0 Å². The van der Waals surface area contributed by atoms with Crippen molar-refractivity contribution in [2.24, 2.45) is 0 Å². The third-order valence-corrected chi connectivity index (χ3v) is 4.71. The second-order valence-corrected chi connectivity index (χ2v) is 6.65. The van der Waals surface area contributed by atoms with E-state index in [9.17, 15) is 25.0 Å². The van der Waals surface area contributed by atoms with E-state index in [1.807, 2.05) is 19.1 Å². The van der Waals surface area contributed by atoms with Gasteiger partial charge in [0.2, 0.25) is 6.54 Å². The number of nitro benzene ring substituents is 1. The van der Waals surface area contributed by atoms with Crippen LogP contribution in [-0.4, -0.2) is 32.1 Å². The molecule has 9 heteroatoms. The Hall–Kier alpha value is -3.88. The summed E-state index contributed by atoms with van der Waals surface area (Å²) in [5, 5.41) is 26.4. The van der Waals surface area contributed by atoms with Gasteiger partial charge in [0, 0.05) is 29.4 Å². The maximum Gasteiger partial charge on any atom is 0.269 e. The molecule has 148 valence electrons. The van der Waals surface area contributed by atoms with Gasteiger partial charge in [0.25, 0.3) is 11.6 Å². The SMILES string of the molecule is Cc1ccc([C@@H](C[N+](=O)[O-])[C@@H](C(=O)n2cccn2)c2ccc([N+](=O)[O-])cc2)cc1. The predicted molar refractivity (Wildman–Crippen MR) is 104 cm³/mol. The van der Waals surface area contributed by atoms with E-state index >= 15 is 0 Å². The van der Waals surface area contributed by atoms with Gasteiger partial charge < -0.3 is 0 Å². The third kappa shape index (κ3) is 4.52. The molecule has 2 aromatic carbocycles. The highest BCUT2D eigenvalue weighted by molar-refractivity contribution is 5.86. The largest absolute Gasteiger partial charge is 0.272 e. The number of non-ortho nitro benzene ring substituents is 1. The molecule has 0 saturated carbocycles. The Morgan fingerprint density at radius 2 is 1.66 bits per heavy atom. The van der Waals surface area contributed by atoms with Crippen LogP contribution in [0.25, 0.3) is 0 Å². The molecule has 0 aliphatic carbocycles. The molecule has 0 spiro atoms. The first-order chi connectivity index (χ1) is 13.9. The summed E-state index contributed by atoms with van der Waals surface area (Å²) >= 11 is 0. The van der Waals surface area contributed by atoms with Crippen LogP contribution in [0.15, 0.2) is 67.0 Å². The van der Waals surface area contributed by atoms with Gasteiger partial charge in [-0.2, -0.15) is 5.10 Å². The number of carbonyl (C=O) groups excluding carboxylic acids is 1. The van der Waals surface area contributed by atoms with Crippen LogP contribution in [0.5, 0.6) is 0 Å². The fourth-order valence-electron chi connectivity index (χ4n) is 3.27. The van der Waals surface area contributed by atoms with Crippen molar-refractivity contribution in [1.82, 2.24) is 9.78 Å². The molecule has 2 atom stereocenters. The molecule has 0 bridgehead atoms. The molecule has 0 fully saturated rings. The van der Waals surface area contributed by atoms with E-state index in [4.69, 9.17) is 0 Å². The van der Waals surface area contributed by atoms with Gasteiger partial charge in [-0.05, 0) is 24.1 Å². The molecule has 1 heterocycles. The summed E-state index contributed by atoms with van der Waals surface area (Å²) in [6.07, 6.45) is 2.91. The average Bonchev–Trinajstić information content (AvgIpc) is 3.23. The number of aromatic nitrogens is 2. The van der Waals surface area contributed by atoms with Crippen molar-refractivity contribution < 1.29 is 14.6 Å². The fourth-order valence-corrected chi connectivity index (χ4v) is 3.27. The van der Waals surface area contributed by atoms with E-state index in [0.29, 0.717) is 11.1 Å². The van der Waals surface area contributed by atoms with E-state index in [2.05, 4.69) is 5.10 Å². The van der Waals surface area contributed by atoms with Crippen LogP contribution in [0.2, 0.25) is 0 Å². The molecule has 0 N–H and O–H groups in total. The lowest BCUT2D eigenvalue weighted by atomic mass is 9.80. The van der Waals surface area contributed by atoms with Gasteiger partial charge in [-0.3, -0.25) is 25.0 Å². The van der Waals surface area contributed by atoms with Crippen molar-refractivity contribution in [2.75, 3.05) is 6.54 Å². The number of nitro groups is 2. The van der Waals surface area contributed by atoms with Crippen LogP contribution >= 0.6 is 0 Å². The van der Waals surface area contributed by atoms with Crippen LogP contribution in [-0.2, 0) is 0 Å². The lowest BCUT2D eigenvalue weighted by Crippen LogP contribution is -2.30. The van der Waals surface area contributed by atoms with Gasteiger partial charge >= 0.3 is 0 Å². The maximum absolute atomic E-state index is 13.2. The molecule has 0 aliphatic heterocycles. The lowest BCUT2D eigenvalue weighted by Gasteiger charge is -2.24.